The summed E-state index contributed by atoms with van der Waals surface area (Å²) in [4.78, 5) is 9.95. The number of nitrogens with zero attached hydrogens (tertiary/aromatic N) is 1. The average molecular weight is 359 g/mol. The molecule has 0 aliphatic carbocycles. The number of nitrogens with two attached hydrogens (primary N) is 1. The van der Waals surface area contributed by atoms with Crippen LogP contribution in [0.25, 0.3) is 0 Å². The predicted molar refractivity (Wildman–Crippen MR) is 76.8 cm³/mol. The van der Waals surface area contributed by atoms with Crippen molar-refractivity contribution in [1.82, 2.24) is 9.44 Å². The first-order chi connectivity index (χ1) is 9.57. The van der Waals surface area contributed by atoms with Gasteiger partial charge in [0.2, 0.25) is 20.0 Å². The number of thiophene rings is 1. The fraction of sp³-hybridized carbons (Fsp3) is 0.429. The quantitative estimate of drug-likeness (QED) is 0.193. The highest BCUT2D eigenvalue weighted by atomic mass is 32.2. The van der Waals surface area contributed by atoms with E-state index in [1.807, 2.05) is 5.43 Å². The lowest BCUT2D eigenvalue weighted by Gasteiger charge is -2.04. The maximum absolute atomic E-state index is 11.9. The van der Waals surface area contributed by atoms with Crippen molar-refractivity contribution in [2.75, 3.05) is 24.8 Å². The number of hydrogen-bond donors (Lipinski definition) is 4. The summed E-state index contributed by atoms with van der Waals surface area (Å²) >= 11 is 0.591. The standard InChI is InChI=1S/C7H13N5O6S3/c1-20(15,16)9-2-3-10-21(17,18)6-4-5(12(13)14)7(11-8)19-6/h4,9-11H,2-3,8H2,1H3. The summed E-state index contributed by atoms with van der Waals surface area (Å²) in [6.07, 6.45) is 0.934. The first-order valence-electron chi connectivity index (χ1n) is 5.26. The van der Waals surface area contributed by atoms with Crippen molar-refractivity contribution in [3.8, 4) is 0 Å². The third-order valence-corrected chi connectivity index (χ3v) is 5.78. The van der Waals surface area contributed by atoms with Gasteiger partial charge in [-0.15, -0.1) is 0 Å². The van der Waals surface area contributed by atoms with Crippen LogP contribution in [0.2, 0.25) is 0 Å². The van der Waals surface area contributed by atoms with Gasteiger partial charge in [0.15, 0.2) is 5.00 Å². The molecule has 0 aromatic carbocycles. The Kier molecular flexibility index (Phi) is 5.60. The molecule has 0 aliphatic rings. The third-order valence-electron chi connectivity index (χ3n) is 2.06. The van der Waals surface area contributed by atoms with E-state index >= 15 is 0 Å². The SMILES string of the molecule is CS(=O)(=O)NCCNS(=O)(=O)c1cc([N+](=O)[O-])c(NN)s1. The summed E-state index contributed by atoms with van der Waals surface area (Å²) in [6, 6.07) is 0.867. The van der Waals surface area contributed by atoms with Crippen molar-refractivity contribution < 1.29 is 21.8 Å². The highest BCUT2D eigenvalue weighted by Gasteiger charge is 2.25. The van der Waals surface area contributed by atoms with E-state index in [2.05, 4.69) is 9.44 Å². The number of hydrazine groups is 1. The smallest absolute Gasteiger partial charge is 0.306 e. The minimum absolute atomic E-state index is 0.102. The van der Waals surface area contributed by atoms with Gasteiger partial charge in [-0.1, -0.05) is 11.3 Å². The molecule has 0 radical (unpaired) electrons. The molecule has 5 N–H and O–H groups in total. The van der Waals surface area contributed by atoms with Crippen molar-refractivity contribution in [2.45, 2.75) is 4.21 Å². The molecule has 0 aliphatic heterocycles. The van der Waals surface area contributed by atoms with E-state index in [0.29, 0.717) is 11.3 Å². The van der Waals surface area contributed by atoms with Crippen LogP contribution in [0, 0.1) is 10.1 Å². The van der Waals surface area contributed by atoms with Crippen LogP contribution in [0.5, 0.6) is 0 Å². The van der Waals surface area contributed by atoms with E-state index in [-0.39, 0.29) is 22.3 Å². The lowest BCUT2D eigenvalue weighted by Crippen LogP contribution is -2.33. The van der Waals surface area contributed by atoms with E-state index in [0.717, 1.165) is 12.3 Å². The molecule has 1 aromatic heterocycles. The summed E-state index contributed by atoms with van der Waals surface area (Å²) in [7, 11) is -7.41. The number of anilines is 1. The molecule has 21 heavy (non-hydrogen) atoms. The van der Waals surface area contributed by atoms with E-state index in [4.69, 9.17) is 5.84 Å². The highest BCUT2D eigenvalue weighted by Crippen LogP contribution is 2.36. The van der Waals surface area contributed by atoms with E-state index < -0.39 is 30.7 Å². The summed E-state index contributed by atoms with van der Waals surface area (Å²) in [5.41, 5.74) is 1.59. The van der Waals surface area contributed by atoms with Crippen LogP contribution >= 0.6 is 11.3 Å². The van der Waals surface area contributed by atoms with Crippen LogP contribution in [-0.4, -0.2) is 41.1 Å². The molecule has 11 nitrogen and oxygen atoms in total. The normalized spacial score (nSPS) is 12.3. The fourth-order valence-corrected chi connectivity index (χ4v) is 4.01. The molecule has 0 saturated heterocycles. The van der Waals surface area contributed by atoms with Gasteiger partial charge in [-0.3, -0.25) is 10.1 Å². The van der Waals surface area contributed by atoms with Crippen LogP contribution in [0.4, 0.5) is 10.7 Å². The summed E-state index contributed by atoms with van der Waals surface area (Å²) in [5.74, 6) is 5.08. The molecule has 1 heterocycles. The Morgan fingerprint density at radius 3 is 2.29 bits per heavy atom. The Balaban J connectivity index is 2.81. The second kappa shape index (κ2) is 6.63. The van der Waals surface area contributed by atoms with Gasteiger partial charge in [0.05, 0.1) is 11.2 Å². The Morgan fingerprint density at radius 2 is 1.86 bits per heavy atom. The summed E-state index contributed by atoms with van der Waals surface area (Å²) in [5, 5.41) is 10.6. The van der Waals surface area contributed by atoms with Crippen molar-refractivity contribution in [3.05, 3.63) is 16.2 Å². The minimum atomic E-state index is -3.99. The molecular weight excluding hydrogens is 346 g/mol. The molecular formula is C7H13N5O6S3. The van der Waals surface area contributed by atoms with E-state index in [9.17, 15) is 26.9 Å². The van der Waals surface area contributed by atoms with Gasteiger partial charge in [0.25, 0.3) is 0 Å². The van der Waals surface area contributed by atoms with Gasteiger partial charge in [0.1, 0.15) is 4.21 Å². The molecule has 0 saturated carbocycles. The molecule has 0 amide bonds. The topological polar surface area (TPSA) is 174 Å². The molecule has 0 fully saturated rings. The van der Waals surface area contributed by atoms with E-state index in [1.54, 1.807) is 0 Å². The van der Waals surface area contributed by atoms with Gasteiger partial charge >= 0.3 is 5.69 Å². The predicted octanol–water partition coefficient (Wildman–Crippen LogP) is -1.23. The highest BCUT2D eigenvalue weighted by molar-refractivity contribution is 7.91. The number of rotatable bonds is 8. The monoisotopic (exact) mass is 359 g/mol. The Bertz CT molecular complexity index is 724. The number of nitro groups is 1. The van der Waals surface area contributed by atoms with Gasteiger partial charge in [-0.25, -0.2) is 32.1 Å². The molecule has 0 unspecified atom stereocenters. The maximum atomic E-state index is 11.9. The summed E-state index contributed by atoms with van der Waals surface area (Å²) < 4.78 is 49.3. The molecule has 14 heteroatoms. The third kappa shape index (κ3) is 5.18. The van der Waals surface area contributed by atoms with Crippen molar-refractivity contribution >= 4 is 42.1 Å². The van der Waals surface area contributed by atoms with Crippen LogP contribution < -0.4 is 20.7 Å². The number of sulfonamides is 2. The maximum Gasteiger partial charge on any atom is 0.306 e. The summed E-state index contributed by atoms with van der Waals surface area (Å²) in [6.45, 7) is -0.347. The lowest BCUT2D eigenvalue weighted by molar-refractivity contribution is -0.383. The minimum Gasteiger partial charge on any atom is -0.310 e. The largest absolute Gasteiger partial charge is 0.310 e. The van der Waals surface area contributed by atoms with Gasteiger partial charge in [-0.05, 0) is 0 Å². The Labute approximate surface area is 124 Å². The second-order valence-electron chi connectivity index (χ2n) is 3.75. The molecule has 120 valence electrons. The molecule has 1 rings (SSSR count). The number of nitrogen functional groups attached to an aromatic ring is 1. The second-order valence-corrected chi connectivity index (χ2v) is 8.62. The van der Waals surface area contributed by atoms with Gasteiger partial charge in [0, 0.05) is 19.2 Å². The van der Waals surface area contributed by atoms with Crippen LogP contribution in [0.3, 0.4) is 0 Å². The van der Waals surface area contributed by atoms with E-state index in [1.165, 1.54) is 0 Å². The van der Waals surface area contributed by atoms with Crippen molar-refractivity contribution in [3.63, 3.8) is 0 Å². The lowest BCUT2D eigenvalue weighted by atomic mass is 10.5. The van der Waals surface area contributed by atoms with Crippen molar-refractivity contribution in [1.29, 1.82) is 0 Å². The Morgan fingerprint density at radius 1 is 1.29 bits per heavy atom. The molecule has 0 spiro atoms. The van der Waals surface area contributed by atoms with Gasteiger partial charge in [-0.2, -0.15) is 0 Å². The first-order valence-corrected chi connectivity index (χ1v) is 9.45. The zero-order chi connectivity index (χ0) is 16.3. The van der Waals surface area contributed by atoms with Crippen LogP contribution in [0.1, 0.15) is 0 Å². The molecule has 0 bridgehead atoms. The van der Waals surface area contributed by atoms with Crippen molar-refractivity contribution in [2.24, 2.45) is 5.84 Å². The Hall–Kier alpha value is -1.32. The zero-order valence-electron chi connectivity index (χ0n) is 10.7. The zero-order valence-corrected chi connectivity index (χ0v) is 13.1. The van der Waals surface area contributed by atoms with Gasteiger partial charge < -0.3 is 5.43 Å². The molecule has 0 atom stereocenters. The average Bonchev–Trinajstić information content (AvgIpc) is 2.78. The first kappa shape index (κ1) is 17.7. The number of hydrogen-bond acceptors (Lipinski definition) is 9. The van der Waals surface area contributed by atoms with Crippen LogP contribution in [-0.2, 0) is 20.0 Å². The fourth-order valence-electron chi connectivity index (χ4n) is 1.22. The molecule has 1 aromatic rings. The van der Waals surface area contributed by atoms with Crippen LogP contribution in [0.15, 0.2) is 10.3 Å². The number of nitrogens with one attached hydrogen (secondary N) is 3.